The molecule has 3 N–H and O–H groups in total. The van der Waals surface area contributed by atoms with Crippen LogP contribution in [-0.2, 0) is 15.1 Å². The fraction of sp³-hybridized carbons (Fsp3) is 0.211. The van der Waals surface area contributed by atoms with Gasteiger partial charge in [0.25, 0.3) is 17.7 Å². The van der Waals surface area contributed by atoms with Crippen molar-refractivity contribution in [1.82, 2.24) is 26.1 Å². The molecular formula is C19H18ClN5O4. The van der Waals surface area contributed by atoms with Crippen molar-refractivity contribution >= 4 is 35.4 Å². The highest BCUT2D eigenvalue weighted by Gasteiger charge is 2.52. The Labute approximate surface area is 171 Å². The molecular weight excluding hydrogens is 398 g/mol. The van der Waals surface area contributed by atoms with E-state index in [1.54, 1.807) is 37.3 Å². The van der Waals surface area contributed by atoms with E-state index in [4.69, 9.17) is 11.6 Å². The molecule has 1 aromatic carbocycles. The number of hydrogen-bond acceptors (Lipinski definition) is 5. The smallest absolute Gasteiger partial charge is 0.342 e. The Morgan fingerprint density at radius 2 is 1.93 bits per heavy atom. The summed E-state index contributed by atoms with van der Waals surface area (Å²) in [5.74, 6) is -1.97. The summed E-state index contributed by atoms with van der Waals surface area (Å²) in [6, 6.07) is 10.9. The maximum atomic E-state index is 12.9. The van der Waals surface area contributed by atoms with E-state index >= 15 is 0 Å². The molecule has 0 radical (unpaired) electrons. The molecule has 1 atom stereocenters. The highest BCUT2D eigenvalue weighted by Crippen LogP contribution is 2.31. The summed E-state index contributed by atoms with van der Waals surface area (Å²) in [5, 5.41) is 5.95. The average molecular weight is 416 g/mol. The van der Waals surface area contributed by atoms with E-state index in [1.807, 2.05) is 0 Å². The molecule has 0 unspecified atom stereocenters. The van der Waals surface area contributed by atoms with Crippen molar-refractivity contribution < 1.29 is 19.2 Å². The van der Waals surface area contributed by atoms with Gasteiger partial charge in [0.15, 0.2) is 0 Å². The van der Waals surface area contributed by atoms with Crippen LogP contribution in [0.4, 0.5) is 4.79 Å². The van der Waals surface area contributed by atoms with Gasteiger partial charge in [-0.1, -0.05) is 48.9 Å². The van der Waals surface area contributed by atoms with Crippen molar-refractivity contribution in [1.29, 1.82) is 0 Å². The lowest BCUT2D eigenvalue weighted by Gasteiger charge is -2.25. The van der Waals surface area contributed by atoms with Crippen LogP contribution in [0.15, 0.2) is 48.7 Å². The number of urea groups is 1. The van der Waals surface area contributed by atoms with Crippen molar-refractivity contribution in [2.75, 3.05) is 6.54 Å². The molecule has 0 bridgehead atoms. The second-order valence-corrected chi connectivity index (χ2v) is 6.71. The van der Waals surface area contributed by atoms with E-state index in [9.17, 15) is 19.2 Å². The third-order valence-corrected chi connectivity index (χ3v) is 4.72. The second-order valence-electron chi connectivity index (χ2n) is 6.27. The lowest BCUT2D eigenvalue weighted by molar-refractivity contribution is -0.139. The quantitative estimate of drug-likeness (QED) is 0.615. The molecule has 9 nitrogen and oxygen atoms in total. The number of aromatic nitrogens is 1. The standard InChI is InChI=1S/C19H18ClN5O4/c1-2-19(12-6-4-3-5-7-12)17(28)25(18(29)23-19)24-15(26)11-22-16(27)14-10-13(20)8-9-21-14/h3-10H,2,11H2,1H3,(H,22,27)(H,23,29)(H,24,26)/t19-/m0/s1. The van der Waals surface area contributed by atoms with Gasteiger partial charge in [0.1, 0.15) is 11.2 Å². The number of carbonyl (C=O) groups is 4. The molecule has 0 saturated carbocycles. The van der Waals surface area contributed by atoms with Crippen LogP contribution in [0.2, 0.25) is 5.02 Å². The first-order valence-corrected chi connectivity index (χ1v) is 9.16. The summed E-state index contributed by atoms with van der Waals surface area (Å²) >= 11 is 5.80. The number of carbonyl (C=O) groups excluding carboxylic acids is 4. The lowest BCUT2D eigenvalue weighted by atomic mass is 9.87. The van der Waals surface area contributed by atoms with Crippen LogP contribution in [0.3, 0.4) is 0 Å². The van der Waals surface area contributed by atoms with E-state index in [1.165, 1.54) is 18.3 Å². The van der Waals surface area contributed by atoms with Crippen molar-refractivity contribution in [2.45, 2.75) is 18.9 Å². The summed E-state index contributed by atoms with van der Waals surface area (Å²) in [5.41, 5.74) is 1.61. The fourth-order valence-corrected chi connectivity index (χ4v) is 3.14. The van der Waals surface area contributed by atoms with Crippen LogP contribution in [0.5, 0.6) is 0 Å². The predicted octanol–water partition coefficient (Wildman–Crippen LogP) is 1.35. The van der Waals surface area contributed by atoms with E-state index in [2.05, 4.69) is 21.0 Å². The van der Waals surface area contributed by atoms with E-state index in [0.717, 1.165) is 0 Å². The number of hydrazine groups is 1. The number of nitrogens with zero attached hydrogens (tertiary/aromatic N) is 2. The third-order valence-electron chi connectivity index (χ3n) is 4.49. The zero-order valence-electron chi connectivity index (χ0n) is 15.4. The highest BCUT2D eigenvalue weighted by atomic mass is 35.5. The second kappa shape index (κ2) is 8.27. The summed E-state index contributed by atoms with van der Waals surface area (Å²) in [6.45, 7) is 1.29. The first-order valence-electron chi connectivity index (χ1n) is 8.79. The first-order chi connectivity index (χ1) is 13.9. The van der Waals surface area contributed by atoms with Gasteiger partial charge in [-0.15, -0.1) is 0 Å². The Kier molecular flexibility index (Phi) is 5.79. The predicted molar refractivity (Wildman–Crippen MR) is 104 cm³/mol. The maximum absolute atomic E-state index is 12.9. The fourth-order valence-electron chi connectivity index (χ4n) is 2.98. The van der Waals surface area contributed by atoms with Gasteiger partial charge < -0.3 is 10.6 Å². The Morgan fingerprint density at radius 1 is 1.21 bits per heavy atom. The maximum Gasteiger partial charge on any atom is 0.344 e. The number of nitrogens with one attached hydrogen (secondary N) is 3. The SMILES string of the molecule is CC[C@@]1(c2ccccc2)NC(=O)N(NC(=O)CNC(=O)c2cc(Cl)ccn2)C1=O. The van der Waals surface area contributed by atoms with Gasteiger partial charge in [-0.2, -0.15) is 5.01 Å². The van der Waals surface area contributed by atoms with Crippen LogP contribution < -0.4 is 16.1 Å². The summed E-state index contributed by atoms with van der Waals surface area (Å²) in [4.78, 5) is 53.3. The molecule has 2 heterocycles. The monoisotopic (exact) mass is 415 g/mol. The Bertz CT molecular complexity index is 968. The van der Waals surface area contributed by atoms with Crippen LogP contribution in [0.25, 0.3) is 0 Å². The van der Waals surface area contributed by atoms with E-state index in [-0.39, 0.29) is 5.69 Å². The van der Waals surface area contributed by atoms with Crippen molar-refractivity contribution in [3.63, 3.8) is 0 Å². The van der Waals surface area contributed by atoms with Crippen molar-refractivity contribution in [3.05, 3.63) is 64.9 Å². The minimum absolute atomic E-state index is 0.0365. The summed E-state index contributed by atoms with van der Waals surface area (Å²) in [6.07, 6.45) is 1.66. The minimum Gasteiger partial charge on any atom is -0.342 e. The van der Waals surface area contributed by atoms with Gasteiger partial charge in [-0.05, 0) is 24.1 Å². The third kappa shape index (κ3) is 4.04. The van der Waals surface area contributed by atoms with Crippen LogP contribution in [0.1, 0.15) is 29.4 Å². The molecule has 3 rings (SSSR count). The largest absolute Gasteiger partial charge is 0.344 e. The number of benzene rings is 1. The van der Waals surface area contributed by atoms with Crippen LogP contribution >= 0.6 is 11.6 Å². The Hall–Kier alpha value is -3.46. The molecule has 10 heteroatoms. The van der Waals surface area contributed by atoms with Gasteiger partial charge in [0.05, 0.1) is 6.54 Å². The van der Waals surface area contributed by atoms with Gasteiger partial charge in [-0.3, -0.25) is 24.8 Å². The topological polar surface area (TPSA) is 120 Å². The molecule has 1 aliphatic rings. The lowest BCUT2D eigenvalue weighted by Crippen LogP contribution is -2.51. The van der Waals surface area contributed by atoms with Gasteiger partial charge >= 0.3 is 6.03 Å². The van der Waals surface area contributed by atoms with Gasteiger partial charge in [0, 0.05) is 11.2 Å². The van der Waals surface area contributed by atoms with E-state index < -0.39 is 35.8 Å². The number of hydrogen-bond donors (Lipinski definition) is 3. The average Bonchev–Trinajstić information content (AvgIpc) is 2.97. The number of amides is 5. The number of rotatable bonds is 6. The number of pyridine rings is 1. The van der Waals surface area contributed by atoms with Crippen LogP contribution in [0, 0.1) is 0 Å². The molecule has 1 fully saturated rings. The number of halogens is 1. The van der Waals surface area contributed by atoms with Gasteiger partial charge in [-0.25, -0.2) is 4.79 Å². The summed E-state index contributed by atoms with van der Waals surface area (Å²) < 4.78 is 0. The van der Waals surface area contributed by atoms with Crippen LogP contribution in [-0.4, -0.2) is 40.3 Å². The molecule has 1 aromatic heterocycles. The highest BCUT2D eigenvalue weighted by molar-refractivity contribution is 6.30. The number of imide groups is 1. The molecule has 5 amide bonds. The normalized spacial score (nSPS) is 18.3. The zero-order valence-corrected chi connectivity index (χ0v) is 16.2. The van der Waals surface area contributed by atoms with Crippen molar-refractivity contribution in [3.8, 4) is 0 Å². The van der Waals surface area contributed by atoms with E-state index in [0.29, 0.717) is 22.0 Å². The first kappa shape index (κ1) is 20.3. The molecule has 0 spiro atoms. The minimum atomic E-state index is -1.26. The van der Waals surface area contributed by atoms with Gasteiger partial charge in [0.2, 0.25) is 0 Å². The molecule has 150 valence electrons. The molecule has 2 aromatic rings. The molecule has 0 aliphatic carbocycles. The van der Waals surface area contributed by atoms with Crippen molar-refractivity contribution in [2.24, 2.45) is 0 Å². The Balaban J connectivity index is 1.65. The Morgan fingerprint density at radius 3 is 2.59 bits per heavy atom. The molecule has 1 saturated heterocycles. The molecule has 29 heavy (non-hydrogen) atoms. The zero-order chi connectivity index (χ0) is 21.0. The molecule has 1 aliphatic heterocycles. The summed E-state index contributed by atoms with van der Waals surface area (Å²) in [7, 11) is 0.